The number of rotatable bonds is 5. The second-order valence-corrected chi connectivity index (χ2v) is 4.88. The first-order valence-corrected chi connectivity index (χ1v) is 6.90. The second kappa shape index (κ2) is 7.31. The Morgan fingerprint density at radius 2 is 1.96 bits per heavy atom. The van der Waals surface area contributed by atoms with Crippen molar-refractivity contribution in [1.82, 2.24) is 0 Å². The number of hydrogen-bond acceptors (Lipinski definition) is 5. The zero-order valence-corrected chi connectivity index (χ0v) is 12.8. The minimum Gasteiger partial charge on any atom is -0.507 e. The van der Waals surface area contributed by atoms with Gasteiger partial charge in [-0.1, -0.05) is 12.1 Å². The maximum absolute atomic E-state index is 11.9. The standard InChI is InChI=1S/C17H17NO5/c1-11-6-7-14(15(19)8-11)17(21)23-10-16(20)18-12-4-3-5-13(9-12)22-2/h3-9,19H,10H2,1-2H3,(H,18,20). The average molecular weight is 315 g/mol. The van der Waals surface area contributed by atoms with E-state index in [9.17, 15) is 14.7 Å². The van der Waals surface area contributed by atoms with E-state index < -0.39 is 18.5 Å². The number of carbonyl (C=O) groups excluding carboxylic acids is 2. The van der Waals surface area contributed by atoms with Crippen LogP contribution in [0.2, 0.25) is 0 Å². The molecule has 2 aromatic carbocycles. The van der Waals surface area contributed by atoms with Crippen LogP contribution in [0, 0.1) is 6.92 Å². The molecule has 0 radical (unpaired) electrons. The van der Waals surface area contributed by atoms with Crippen LogP contribution in [0.25, 0.3) is 0 Å². The van der Waals surface area contributed by atoms with Gasteiger partial charge in [-0.15, -0.1) is 0 Å². The number of anilines is 1. The molecule has 2 N–H and O–H groups in total. The van der Waals surface area contributed by atoms with Crippen LogP contribution in [-0.2, 0) is 9.53 Å². The van der Waals surface area contributed by atoms with Crippen molar-refractivity contribution in [2.24, 2.45) is 0 Å². The number of nitrogens with one attached hydrogen (secondary N) is 1. The fourth-order valence-corrected chi connectivity index (χ4v) is 1.92. The number of amides is 1. The quantitative estimate of drug-likeness (QED) is 0.828. The van der Waals surface area contributed by atoms with Gasteiger partial charge in [-0.25, -0.2) is 4.79 Å². The van der Waals surface area contributed by atoms with Gasteiger partial charge in [0.1, 0.15) is 17.1 Å². The first-order chi connectivity index (χ1) is 11.0. The van der Waals surface area contributed by atoms with E-state index in [0.717, 1.165) is 5.56 Å². The van der Waals surface area contributed by atoms with E-state index in [4.69, 9.17) is 9.47 Å². The summed E-state index contributed by atoms with van der Waals surface area (Å²) >= 11 is 0. The van der Waals surface area contributed by atoms with Crippen LogP contribution in [-0.4, -0.2) is 30.7 Å². The minimum absolute atomic E-state index is 0.0183. The SMILES string of the molecule is COc1cccc(NC(=O)COC(=O)c2ccc(C)cc2O)c1. The van der Waals surface area contributed by atoms with Crippen molar-refractivity contribution in [3.8, 4) is 11.5 Å². The first kappa shape index (κ1) is 16.4. The van der Waals surface area contributed by atoms with Crippen LogP contribution in [0.4, 0.5) is 5.69 Å². The van der Waals surface area contributed by atoms with Crippen LogP contribution in [0.5, 0.6) is 11.5 Å². The van der Waals surface area contributed by atoms with Crippen LogP contribution < -0.4 is 10.1 Å². The summed E-state index contributed by atoms with van der Waals surface area (Å²) < 4.78 is 9.95. The fourth-order valence-electron chi connectivity index (χ4n) is 1.92. The molecule has 120 valence electrons. The predicted octanol–water partition coefficient (Wildman–Crippen LogP) is 2.50. The van der Waals surface area contributed by atoms with Gasteiger partial charge in [0.2, 0.25) is 0 Å². The molecule has 0 saturated heterocycles. The molecular weight excluding hydrogens is 298 g/mol. The van der Waals surface area contributed by atoms with Crippen molar-refractivity contribution in [2.45, 2.75) is 6.92 Å². The summed E-state index contributed by atoms with van der Waals surface area (Å²) in [5, 5.41) is 12.3. The van der Waals surface area contributed by atoms with Crippen molar-refractivity contribution in [3.63, 3.8) is 0 Å². The van der Waals surface area contributed by atoms with Gasteiger partial charge in [0, 0.05) is 11.8 Å². The molecule has 0 fully saturated rings. The number of phenols is 1. The summed E-state index contributed by atoms with van der Waals surface area (Å²) in [5.74, 6) is -0.825. The number of ether oxygens (including phenoxy) is 2. The van der Waals surface area contributed by atoms with Crippen molar-refractivity contribution >= 4 is 17.6 Å². The van der Waals surface area contributed by atoms with Crippen LogP contribution >= 0.6 is 0 Å². The molecule has 23 heavy (non-hydrogen) atoms. The van der Waals surface area contributed by atoms with Gasteiger partial charge in [0.25, 0.3) is 5.91 Å². The Bertz CT molecular complexity index is 727. The van der Waals surface area contributed by atoms with Gasteiger partial charge in [0.15, 0.2) is 6.61 Å². The number of esters is 1. The lowest BCUT2D eigenvalue weighted by Crippen LogP contribution is -2.21. The van der Waals surface area contributed by atoms with Crippen LogP contribution in [0.1, 0.15) is 15.9 Å². The number of phenolic OH excluding ortho intramolecular Hbond substituents is 1. The Labute approximate surface area is 133 Å². The smallest absolute Gasteiger partial charge is 0.342 e. The predicted molar refractivity (Wildman–Crippen MR) is 84.8 cm³/mol. The Balaban J connectivity index is 1.92. The third-order valence-electron chi connectivity index (χ3n) is 3.06. The Kier molecular flexibility index (Phi) is 5.19. The van der Waals surface area contributed by atoms with Crippen molar-refractivity contribution in [1.29, 1.82) is 0 Å². The maximum atomic E-state index is 11.9. The normalized spacial score (nSPS) is 10.0. The second-order valence-electron chi connectivity index (χ2n) is 4.88. The Morgan fingerprint density at radius 1 is 1.17 bits per heavy atom. The molecule has 0 aromatic heterocycles. The molecule has 0 aliphatic heterocycles. The molecule has 2 rings (SSSR count). The van der Waals surface area contributed by atoms with Gasteiger partial charge in [-0.3, -0.25) is 4.79 Å². The molecule has 0 atom stereocenters. The monoisotopic (exact) mass is 315 g/mol. The number of hydrogen-bond donors (Lipinski definition) is 2. The lowest BCUT2D eigenvalue weighted by molar-refractivity contribution is -0.119. The van der Waals surface area contributed by atoms with Gasteiger partial charge in [0.05, 0.1) is 7.11 Å². The lowest BCUT2D eigenvalue weighted by Gasteiger charge is -2.08. The molecule has 0 aliphatic carbocycles. The van der Waals surface area contributed by atoms with E-state index in [1.807, 2.05) is 0 Å². The third-order valence-corrected chi connectivity index (χ3v) is 3.06. The highest BCUT2D eigenvalue weighted by molar-refractivity contribution is 5.96. The van der Waals surface area contributed by atoms with E-state index in [-0.39, 0.29) is 11.3 Å². The number of benzene rings is 2. The zero-order chi connectivity index (χ0) is 16.8. The zero-order valence-electron chi connectivity index (χ0n) is 12.8. The molecule has 2 aromatic rings. The average Bonchev–Trinajstić information content (AvgIpc) is 2.53. The van der Waals surface area contributed by atoms with Crippen molar-refractivity contribution < 1.29 is 24.2 Å². The van der Waals surface area contributed by atoms with E-state index in [2.05, 4.69) is 5.32 Å². The van der Waals surface area contributed by atoms with E-state index >= 15 is 0 Å². The van der Waals surface area contributed by atoms with Gasteiger partial charge < -0.3 is 19.9 Å². The lowest BCUT2D eigenvalue weighted by atomic mass is 10.1. The highest BCUT2D eigenvalue weighted by Gasteiger charge is 2.14. The Hall–Kier alpha value is -3.02. The van der Waals surface area contributed by atoms with E-state index in [1.54, 1.807) is 37.3 Å². The third kappa shape index (κ3) is 4.47. The van der Waals surface area contributed by atoms with Crippen molar-refractivity contribution in [3.05, 3.63) is 53.6 Å². The van der Waals surface area contributed by atoms with Gasteiger partial charge in [-0.2, -0.15) is 0 Å². The summed E-state index contributed by atoms with van der Waals surface area (Å²) in [6, 6.07) is 11.4. The molecule has 0 heterocycles. The molecule has 0 aliphatic rings. The van der Waals surface area contributed by atoms with Crippen molar-refractivity contribution in [2.75, 3.05) is 19.0 Å². The largest absolute Gasteiger partial charge is 0.507 e. The molecule has 0 spiro atoms. The Morgan fingerprint density at radius 3 is 2.65 bits per heavy atom. The summed E-state index contributed by atoms with van der Waals surface area (Å²) in [5.41, 5.74) is 1.36. The van der Waals surface area contributed by atoms with E-state index in [0.29, 0.717) is 11.4 Å². The minimum atomic E-state index is -0.761. The summed E-state index contributed by atoms with van der Waals surface area (Å²) in [6.45, 7) is 1.33. The van der Waals surface area contributed by atoms with E-state index in [1.165, 1.54) is 19.2 Å². The summed E-state index contributed by atoms with van der Waals surface area (Å²) in [6.07, 6.45) is 0. The summed E-state index contributed by atoms with van der Waals surface area (Å²) in [7, 11) is 1.52. The number of methoxy groups -OCH3 is 1. The van der Waals surface area contributed by atoms with Gasteiger partial charge in [-0.05, 0) is 36.8 Å². The molecule has 0 unspecified atom stereocenters. The molecule has 6 heteroatoms. The fraction of sp³-hybridized carbons (Fsp3) is 0.176. The highest BCUT2D eigenvalue weighted by atomic mass is 16.5. The van der Waals surface area contributed by atoms with Crippen LogP contribution in [0.3, 0.4) is 0 Å². The number of aromatic hydroxyl groups is 1. The van der Waals surface area contributed by atoms with Gasteiger partial charge >= 0.3 is 5.97 Å². The molecule has 1 amide bonds. The molecule has 6 nitrogen and oxygen atoms in total. The molecule has 0 saturated carbocycles. The summed E-state index contributed by atoms with van der Waals surface area (Å²) in [4.78, 5) is 23.6. The maximum Gasteiger partial charge on any atom is 0.342 e. The number of carbonyl (C=O) groups is 2. The number of aryl methyl sites for hydroxylation is 1. The first-order valence-electron chi connectivity index (χ1n) is 6.90. The molecule has 0 bridgehead atoms. The highest BCUT2D eigenvalue weighted by Crippen LogP contribution is 2.19. The molecular formula is C17H17NO5. The topological polar surface area (TPSA) is 84.9 Å². The van der Waals surface area contributed by atoms with Crippen LogP contribution in [0.15, 0.2) is 42.5 Å².